The average molecular weight is 278 g/mol. The molecule has 2 aromatic carbocycles. The Labute approximate surface area is 116 Å². The summed E-state index contributed by atoms with van der Waals surface area (Å²) in [5, 5.41) is 3.50. The van der Waals surface area contributed by atoms with Crippen LogP contribution in [0.4, 0.5) is 0 Å². The van der Waals surface area contributed by atoms with Gasteiger partial charge in [-0.05, 0) is 29.8 Å². The van der Waals surface area contributed by atoms with Gasteiger partial charge in [0.05, 0.1) is 5.56 Å². The molecule has 0 unspecified atom stereocenters. The lowest BCUT2D eigenvalue weighted by Crippen LogP contribution is -2.23. The van der Waals surface area contributed by atoms with Gasteiger partial charge in [-0.2, -0.15) is 0 Å². The zero-order valence-corrected chi connectivity index (χ0v) is 11.2. The van der Waals surface area contributed by atoms with Crippen molar-refractivity contribution in [3.63, 3.8) is 0 Å². The first-order valence-corrected chi connectivity index (χ1v) is 6.30. The van der Waals surface area contributed by atoms with Gasteiger partial charge in [-0.15, -0.1) is 12.6 Å². The molecule has 0 aliphatic heterocycles. The van der Waals surface area contributed by atoms with Crippen molar-refractivity contribution in [3.05, 3.63) is 64.7 Å². The van der Waals surface area contributed by atoms with Crippen LogP contribution in [-0.2, 0) is 6.54 Å². The van der Waals surface area contributed by atoms with Gasteiger partial charge in [-0.3, -0.25) is 4.79 Å². The van der Waals surface area contributed by atoms with E-state index in [9.17, 15) is 4.79 Å². The summed E-state index contributed by atoms with van der Waals surface area (Å²) in [6.07, 6.45) is 0. The first-order chi connectivity index (χ1) is 8.66. The van der Waals surface area contributed by atoms with Crippen LogP contribution in [0, 0.1) is 0 Å². The van der Waals surface area contributed by atoms with Crippen LogP contribution in [0.2, 0.25) is 5.02 Å². The van der Waals surface area contributed by atoms with E-state index >= 15 is 0 Å². The Kier molecular flexibility index (Phi) is 4.28. The van der Waals surface area contributed by atoms with Crippen LogP contribution in [0.15, 0.2) is 53.4 Å². The normalized spacial score (nSPS) is 10.1. The molecule has 92 valence electrons. The van der Waals surface area contributed by atoms with Crippen LogP contribution in [0.1, 0.15) is 15.9 Å². The molecule has 2 aromatic rings. The zero-order valence-electron chi connectivity index (χ0n) is 9.56. The summed E-state index contributed by atoms with van der Waals surface area (Å²) >= 11 is 10.1. The van der Waals surface area contributed by atoms with Crippen LogP contribution < -0.4 is 5.32 Å². The molecule has 2 nitrogen and oxygen atoms in total. The third kappa shape index (κ3) is 3.28. The quantitative estimate of drug-likeness (QED) is 0.826. The molecule has 0 bridgehead atoms. The van der Waals surface area contributed by atoms with Crippen molar-refractivity contribution in [2.24, 2.45) is 0 Å². The lowest BCUT2D eigenvalue weighted by molar-refractivity contribution is 0.0948. The van der Waals surface area contributed by atoms with E-state index in [1.54, 1.807) is 18.2 Å². The number of carbonyl (C=O) groups is 1. The molecule has 0 aromatic heterocycles. The van der Waals surface area contributed by atoms with Gasteiger partial charge in [-0.25, -0.2) is 0 Å². The summed E-state index contributed by atoms with van der Waals surface area (Å²) < 4.78 is 0. The largest absolute Gasteiger partial charge is 0.348 e. The maximum atomic E-state index is 11.9. The summed E-state index contributed by atoms with van der Waals surface area (Å²) in [5.74, 6) is -0.138. The second kappa shape index (κ2) is 5.94. The predicted octanol–water partition coefficient (Wildman–Crippen LogP) is 3.56. The number of hydrogen-bond acceptors (Lipinski definition) is 2. The van der Waals surface area contributed by atoms with Crippen molar-refractivity contribution in [1.29, 1.82) is 0 Å². The van der Waals surface area contributed by atoms with Crippen LogP contribution in [0.5, 0.6) is 0 Å². The molecule has 0 aliphatic rings. The Morgan fingerprint density at radius 1 is 1.17 bits per heavy atom. The first kappa shape index (κ1) is 13.0. The molecule has 2 rings (SSSR count). The van der Waals surface area contributed by atoms with Crippen molar-refractivity contribution in [2.75, 3.05) is 0 Å². The van der Waals surface area contributed by atoms with Crippen LogP contribution in [0.25, 0.3) is 0 Å². The molecule has 4 heteroatoms. The molecule has 0 saturated heterocycles. The van der Waals surface area contributed by atoms with Crippen LogP contribution in [-0.4, -0.2) is 5.91 Å². The maximum Gasteiger partial charge on any atom is 0.252 e. The zero-order chi connectivity index (χ0) is 13.0. The fraction of sp³-hybridized carbons (Fsp3) is 0.0714. The van der Waals surface area contributed by atoms with Gasteiger partial charge in [0.1, 0.15) is 0 Å². The van der Waals surface area contributed by atoms with Crippen molar-refractivity contribution < 1.29 is 4.79 Å². The van der Waals surface area contributed by atoms with E-state index in [2.05, 4.69) is 17.9 Å². The van der Waals surface area contributed by atoms with E-state index in [0.717, 1.165) is 5.56 Å². The minimum Gasteiger partial charge on any atom is -0.348 e. The molecular formula is C14H12ClNOS. The van der Waals surface area contributed by atoms with E-state index in [1.165, 1.54) is 0 Å². The Morgan fingerprint density at radius 2 is 1.94 bits per heavy atom. The SMILES string of the molecule is O=C(NCc1cccc(Cl)c1)c1ccccc1S. The predicted molar refractivity (Wildman–Crippen MR) is 76.3 cm³/mol. The number of amides is 1. The van der Waals surface area contributed by atoms with Gasteiger partial charge in [0.2, 0.25) is 0 Å². The topological polar surface area (TPSA) is 29.1 Å². The van der Waals surface area contributed by atoms with Gasteiger partial charge in [0.15, 0.2) is 0 Å². The van der Waals surface area contributed by atoms with Crippen molar-refractivity contribution >= 4 is 30.1 Å². The fourth-order valence-electron chi connectivity index (χ4n) is 1.59. The molecule has 1 N–H and O–H groups in total. The summed E-state index contributed by atoms with van der Waals surface area (Å²) in [5.41, 5.74) is 1.54. The van der Waals surface area contributed by atoms with E-state index < -0.39 is 0 Å². The molecule has 0 spiro atoms. The molecule has 1 amide bonds. The smallest absolute Gasteiger partial charge is 0.252 e. The summed E-state index contributed by atoms with van der Waals surface area (Å²) in [7, 11) is 0. The minimum absolute atomic E-state index is 0.138. The monoisotopic (exact) mass is 277 g/mol. The molecule has 0 fully saturated rings. The Hall–Kier alpha value is -1.45. The van der Waals surface area contributed by atoms with Crippen molar-refractivity contribution in [1.82, 2.24) is 5.32 Å². The van der Waals surface area contributed by atoms with Gasteiger partial charge >= 0.3 is 0 Å². The summed E-state index contributed by atoms with van der Waals surface area (Å²) in [4.78, 5) is 12.6. The van der Waals surface area contributed by atoms with Gasteiger partial charge < -0.3 is 5.32 Å². The molecular weight excluding hydrogens is 266 g/mol. The number of carbonyl (C=O) groups excluding carboxylic acids is 1. The van der Waals surface area contributed by atoms with Gasteiger partial charge in [-0.1, -0.05) is 35.9 Å². The number of thiol groups is 1. The van der Waals surface area contributed by atoms with Crippen LogP contribution in [0.3, 0.4) is 0 Å². The highest BCUT2D eigenvalue weighted by atomic mass is 35.5. The van der Waals surface area contributed by atoms with Crippen molar-refractivity contribution in [2.45, 2.75) is 11.4 Å². The summed E-state index contributed by atoms with van der Waals surface area (Å²) in [6.45, 7) is 0.446. The van der Waals surface area contributed by atoms with Gasteiger partial charge in [0.25, 0.3) is 5.91 Å². The summed E-state index contributed by atoms with van der Waals surface area (Å²) in [6, 6.07) is 14.6. The number of nitrogens with one attached hydrogen (secondary N) is 1. The minimum atomic E-state index is -0.138. The van der Waals surface area contributed by atoms with E-state index in [1.807, 2.05) is 30.3 Å². The Morgan fingerprint density at radius 3 is 2.67 bits per heavy atom. The Balaban J connectivity index is 2.03. The van der Waals surface area contributed by atoms with E-state index in [0.29, 0.717) is 22.0 Å². The lowest BCUT2D eigenvalue weighted by Gasteiger charge is -2.07. The molecule has 0 saturated carbocycles. The third-order valence-electron chi connectivity index (χ3n) is 2.49. The number of rotatable bonds is 3. The number of benzene rings is 2. The van der Waals surface area contributed by atoms with Crippen molar-refractivity contribution in [3.8, 4) is 0 Å². The van der Waals surface area contributed by atoms with E-state index in [4.69, 9.17) is 11.6 Å². The average Bonchev–Trinajstić information content (AvgIpc) is 2.37. The molecule has 0 aliphatic carbocycles. The highest BCUT2D eigenvalue weighted by Gasteiger charge is 2.07. The standard InChI is InChI=1S/C14H12ClNOS/c15-11-5-3-4-10(8-11)9-16-14(17)12-6-1-2-7-13(12)18/h1-8,18H,9H2,(H,16,17). The Bertz CT molecular complexity index is 571. The van der Waals surface area contributed by atoms with E-state index in [-0.39, 0.29) is 5.91 Å². The number of halogens is 1. The molecule has 18 heavy (non-hydrogen) atoms. The highest BCUT2D eigenvalue weighted by Crippen LogP contribution is 2.13. The first-order valence-electron chi connectivity index (χ1n) is 5.47. The lowest BCUT2D eigenvalue weighted by atomic mass is 10.2. The van der Waals surface area contributed by atoms with Gasteiger partial charge in [0, 0.05) is 16.5 Å². The maximum absolute atomic E-state index is 11.9. The number of hydrogen-bond donors (Lipinski definition) is 2. The highest BCUT2D eigenvalue weighted by molar-refractivity contribution is 7.80. The molecule has 0 radical (unpaired) electrons. The second-order valence-corrected chi connectivity index (χ2v) is 4.75. The fourth-order valence-corrected chi connectivity index (χ4v) is 2.07. The molecule has 0 heterocycles. The second-order valence-electron chi connectivity index (χ2n) is 3.83. The molecule has 0 atom stereocenters. The third-order valence-corrected chi connectivity index (χ3v) is 3.12. The van der Waals surface area contributed by atoms with Crippen LogP contribution >= 0.6 is 24.2 Å².